The Labute approximate surface area is 74.2 Å². The Morgan fingerprint density at radius 2 is 2.30 bits per heavy atom. The van der Waals surface area contributed by atoms with Crippen LogP contribution in [-0.2, 0) is 0 Å². The van der Waals surface area contributed by atoms with Crippen molar-refractivity contribution in [1.29, 1.82) is 0 Å². The lowest BCUT2D eigenvalue weighted by Crippen LogP contribution is -2.45. The number of nitrogens with one attached hydrogen (secondary N) is 2. The number of nitrogens with zero attached hydrogens (tertiary/aromatic N) is 1. The molecular weight excluding hydrogens is 241 g/mol. The van der Waals surface area contributed by atoms with Crippen LogP contribution < -0.4 is 8.85 Å². The van der Waals surface area contributed by atoms with Crippen molar-refractivity contribution in [2.45, 2.75) is 24.8 Å². The number of aliphatic imine (C=N–C) groups is 1. The SMILES string of the molecule is INC1=NCCC2(CC2)N1. The predicted molar refractivity (Wildman–Crippen MR) is 49.2 cm³/mol. The summed E-state index contributed by atoms with van der Waals surface area (Å²) in [7, 11) is 0. The number of guanidine groups is 1. The zero-order chi connectivity index (χ0) is 7.03. The van der Waals surface area contributed by atoms with Gasteiger partial charge in [0.25, 0.3) is 0 Å². The Morgan fingerprint density at radius 3 is 2.90 bits per heavy atom. The normalized spacial score (nSPS) is 27.1. The van der Waals surface area contributed by atoms with Gasteiger partial charge in [-0.25, -0.2) is 0 Å². The first kappa shape index (κ1) is 6.69. The monoisotopic (exact) mass is 251 g/mol. The van der Waals surface area contributed by atoms with E-state index in [1.807, 2.05) is 0 Å². The summed E-state index contributed by atoms with van der Waals surface area (Å²) in [6, 6.07) is 0. The number of halogens is 1. The first-order valence-corrected chi connectivity index (χ1v) is 4.62. The van der Waals surface area contributed by atoms with Gasteiger partial charge >= 0.3 is 0 Å². The summed E-state index contributed by atoms with van der Waals surface area (Å²) in [5.74, 6) is 0.962. The minimum Gasteiger partial charge on any atom is -0.350 e. The van der Waals surface area contributed by atoms with Crippen LogP contribution in [0.5, 0.6) is 0 Å². The maximum Gasteiger partial charge on any atom is 0.200 e. The third-order valence-electron chi connectivity index (χ3n) is 2.19. The summed E-state index contributed by atoms with van der Waals surface area (Å²) in [5.41, 5.74) is 0.454. The van der Waals surface area contributed by atoms with Crippen molar-refractivity contribution in [2.75, 3.05) is 6.54 Å². The zero-order valence-electron chi connectivity index (χ0n) is 5.65. The Bertz CT molecular complexity index is 174. The summed E-state index contributed by atoms with van der Waals surface area (Å²) in [6.45, 7) is 0.984. The first-order valence-electron chi connectivity index (χ1n) is 3.54. The van der Waals surface area contributed by atoms with Crippen LogP contribution in [0.25, 0.3) is 0 Å². The third-order valence-corrected chi connectivity index (χ3v) is 2.70. The molecule has 0 aromatic heterocycles. The lowest BCUT2D eigenvalue weighted by molar-refractivity contribution is 0.528. The van der Waals surface area contributed by atoms with Crippen LogP contribution >= 0.6 is 22.9 Å². The van der Waals surface area contributed by atoms with Crippen LogP contribution in [0.4, 0.5) is 0 Å². The Hall–Kier alpha value is 0. The first-order chi connectivity index (χ1) is 4.85. The van der Waals surface area contributed by atoms with E-state index in [1.165, 1.54) is 19.3 Å². The minimum atomic E-state index is 0.454. The van der Waals surface area contributed by atoms with Crippen molar-refractivity contribution in [3.63, 3.8) is 0 Å². The summed E-state index contributed by atoms with van der Waals surface area (Å²) in [5, 5.41) is 3.38. The number of hydrogen-bond acceptors (Lipinski definition) is 3. The van der Waals surface area contributed by atoms with Gasteiger partial charge in [-0.2, -0.15) is 0 Å². The molecule has 0 saturated heterocycles. The second kappa shape index (κ2) is 2.25. The van der Waals surface area contributed by atoms with Crippen LogP contribution in [0.1, 0.15) is 19.3 Å². The van der Waals surface area contributed by atoms with Crippen LogP contribution in [-0.4, -0.2) is 18.0 Å². The molecule has 0 aromatic carbocycles. The lowest BCUT2D eigenvalue weighted by Gasteiger charge is -2.22. The van der Waals surface area contributed by atoms with E-state index in [0.717, 1.165) is 12.5 Å². The van der Waals surface area contributed by atoms with Crippen molar-refractivity contribution in [3.05, 3.63) is 0 Å². The van der Waals surface area contributed by atoms with Crippen LogP contribution in [0.2, 0.25) is 0 Å². The van der Waals surface area contributed by atoms with E-state index in [0.29, 0.717) is 5.54 Å². The topological polar surface area (TPSA) is 36.4 Å². The molecule has 56 valence electrons. The Balaban J connectivity index is 2.04. The van der Waals surface area contributed by atoms with Crippen LogP contribution in [0.3, 0.4) is 0 Å². The molecule has 0 atom stereocenters. The summed E-state index contributed by atoms with van der Waals surface area (Å²) in [4.78, 5) is 4.27. The van der Waals surface area contributed by atoms with Gasteiger partial charge in [0.05, 0.1) is 22.9 Å². The second-order valence-corrected chi connectivity index (χ2v) is 3.52. The molecule has 0 radical (unpaired) electrons. The molecule has 1 aliphatic carbocycles. The van der Waals surface area contributed by atoms with E-state index in [4.69, 9.17) is 0 Å². The highest BCUT2D eigenvalue weighted by Gasteiger charge is 2.44. The van der Waals surface area contributed by atoms with Crippen molar-refractivity contribution in [2.24, 2.45) is 4.99 Å². The van der Waals surface area contributed by atoms with Gasteiger partial charge < -0.3 is 5.32 Å². The van der Waals surface area contributed by atoms with Gasteiger partial charge in [-0.1, -0.05) is 0 Å². The van der Waals surface area contributed by atoms with E-state index < -0.39 is 0 Å². The van der Waals surface area contributed by atoms with E-state index >= 15 is 0 Å². The average molecular weight is 251 g/mol. The maximum absolute atomic E-state index is 4.27. The predicted octanol–water partition coefficient (Wildman–Crippen LogP) is 0.808. The van der Waals surface area contributed by atoms with Crippen molar-refractivity contribution in [3.8, 4) is 0 Å². The van der Waals surface area contributed by atoms with Crippen LogP contribution in [0, 0.1) is 0 Å². The molecule has 0 amide bonds. The molecule has 1 aliphatic heterocycles. The quantitative estimate of drug-likeness (QED) is 0.493. The van der Waals surface area contributed by atoms with Gasteiger partial charge in [-0.15, -0.1) is 0 Å². The zero-order valence-corrected chi connectivity index (χ0v) is 7.81. The van der Waals surface area contributed by atoms with Crippen LogP contribution in [0.15, 0.2) is 4.99 Å². The smallest absolute Gasteiger partial charge is 0.200 e. The van der Waals surface area contributed by atoms with Gasteiger partial charge in [0, 0.05) is 12.1 Å². The van der Waals surface area contributed by atoms with Gasteiger partial charge in [-0.05, 0) is 19.3 Å². The second-order valence-electron chi connectivity index (χ2n) is 2.98. The molecule has 3 nitrogen and oxygen atoms in total. The van der Waals surface area contributed by atoms with Gasteiger partial charge in [0.15, 0.2) is 0 Å². The molecule has 1 heterocycles. The summed E-state index contributed by atoms with van der Waals surface area (Å²) in [6.07, 6.45) is 3.86. The van der Waals surface area contributed by atoms with Gasteiger partial charge in [0.2, 0.25) is 5.96 Å². The molecule has 1 spiro atoms. The Morgan fingerprint density at radius 1 is 1.50 bits per heavy atom. The molecule has 1 fully saturated rings. The molecular formula is C6H10IN3. The van der Waals surface area contributed by atoms with E-state index in [9.17, 15) is 0 Å². The van der Waals surface area contributed by atoms with Crippen molar-refractivity contribution >= 4 is 28.8 Å². The average Bonchev–Trinajstić information content (AvgIpc) is 2.70. The molecule has 0 aromatic rings. The summed E-state index contributed by atoms with van der Waals surface area (Å²) < 4.78 is 3.01. The molecule has 10 heavy (non-hydrogen) atoms. The highest BCUT2D eigenvalue weighted by Crippen LogP contribution is 2.39. The Kier molecular flexibility index (Phi) is 1.51. The summed E-state index contributed by atoms with van der Waals surface area (Å²) >= 11 is 2.11. The molecule has 2 rings (SSSR count). The standard InChI is InChI=1S/C6H10IN3/c7-10-5-8-4-3-6(9-5)1-2-6/h1-4H2,(H2,8,9,10). The number of hydrogen-bond donors (Lipinski definition) is 2. The maximum atomic E-state index is 4.27. The third kappa shape index (κ3) is 1.09. The molecule has 4 heteroatoms. The molecule has 0 unspecified atom stereocenters. The van der Waals surface area contributed by atoms with E-state index in [2.05, 4.69) is 36.7 Å². The van der Waals surface area contributed by atoms with Crippen molar-refractivity contribution in [1.82, 2.24) is 8.85 Å². The van der Waals surface area contributed by atoms with E-state index in [-0.39, 0.29) is 0 Å². The molecule has 2 aliphatic rings. The fourth-order valence-corrected chi connectivity index (χ4v) is 1.62. The molecule has 0 bridgehead atoms. The van der Waals surface area contributed by atoms with E-state index in [1.54, 1.807) is 0 Å². The largest absolute Gasteiger partial charge is 0.350 e. The fraction of sp³-hybridized carbons (Fsp3) is 0.833. The molecule has 1 saturated carbocycles. The minimum absolute atomic E-state index is 0.454. The lowest BCUT2D eigenvalue weighted by atomic mass is 10.1. The number of rotatable bonds is 0. The highest BCUT2D eigenvalue weighted by molar-refractivity contribution is 14.1. The van der Waals surface area contributed by atoms with Gasteiger partial charge in [0.1, 0.15) is 0 Å². The molecule has 2 N–H and O–H groups in total. The highest BCUT2D eigenvalue weighted by atomic mass is 127. The van der Waals surface area contributed by atoms with Crippen molar-refractivity contribution < 1.29 is 0 Å². The fourth-order valence-electron chi connectivity index (χ4n) is 1.31. The van der Waals surface area contributed by atoms with Gasteiger partial charge in [-0.3, -0.25) is 8.52 Å².